The Bertz CT molecular complexity index is 953. The van der Waals surface area contributed by atoms with E-state index in [1.54, 1.807) is 12.4 Å². The smallest absolute Gasteiger partial charge is 0.225 e. The molecule has 2 fully saturated rings. The molecule has 2 aromatic heterocycles. The van der Waals surface area contributed by atoms with Crippen molar-refractivity contribution in [3.05, 3.63) is 54.9 Å². The summed E-state index contributed by atoms with van der Waals surface area (Å²) in [7, 11) is 0. The fourth-order valence-corrected chi connectivity index (χ4v) is 3.38. The monoisotopic (exact) mass is 388 g/mol. The first kappa shape index (κ1) is 17.9. The van der Waals surface area contributed by atoms with Crippen LogP contribution >= 0.6 is 0 Å². The predicted octanol–water partition coefficient (Wildman–Crippen LogP) is 3.69. The van der Waals surface area contributed by atoms with Crippen LogP contribution in [0.3, 0.4) is 0 Å². The molecule has 0 bridgehead atoms. The fraction of sp³-hybridized carbons (Fsp3) is 0.318. The van der Waals surface area contributed by atoms with Gasteiger partial charge in [-0.05, 0) is 49.2 Å². The third-order valence-electron chi connectivity index (χ3n) is 5.13. The lowest BCUT2D eigenvalue weighted by molar-refractivity contribution is 0.122. The molecule has 1 aromatic carbocycles. The van der Waals surface area contributed by atoms with E-state index in [1.807, 2.05) is 18.2 Å². The Morgan fingerprint density at radius 3 is 2.41 bits per heavy atom. The van der Waals surface area contributed by atoms with Gasteiger partial charge in [0, 0.05) is 54.5 Å². The van der Waals surface area contributed by atoms with Crippen LogP contribution in [-0.4, -0.2) is 47.3 Å². The number of hydrogen-bond donors (Lipinski definition) is 2. The molecule has 1 aliphatic carbocycles. The molecule has 7 heteroatoms. The second-order valence-corrected chi connectivity index (χ2v) is 7.39. The molecule has 0 amide bonds. The first-order valence-electron chi connectivity index (χ1n) is 10.1. The van der Waals surface area contributed by atoms with E-state index in [4.69, 9.17) is 9.72 Å². The average Bonchev–Trinajstić information content (AvgIpc) is 3.59. The number of benzene rings is 1. The fourth-order valence-electron chi connectivity index (χ4n) is 3.38. The highest BCUT2D eigenvalue weighted by atomic mass is 16.5. The van der Waals surface area contributed by atoms with E-state index in [1.165, 1.54) is 18.5 Å². The summed E-state index contributed by atoms with van der Waals surface area (Å²) in [5, 5.41) is 6.84. The van der Waals surface area contributed by atoms with Crippen molar-refractivity contribution in [2.75, 3.05) is 41.8 Å². The number of rotatable bonds is 6. The summed E-state index contributed by atoms with van der Waals surface area (Å²) in [6.45, 7) is 3.44. The van der Waals surface area contributed by atoms with E-state index in [0.29, 0.717) is 12.0 Å². The van der Waals surface area contributed by atoms with Crippen molar-refractivity contribution < 1.29 is 4.74 Å². The van der Waals surface area contributed by atoms with Crippen LogP contribution < -0.4 is 15.5 Å². The van der Waals surface area contributed by atoms with Gasteiger partial charge in [-0.25, -0.2) is 4.98 Å². The maximum absolute atomic E-state index is 5.44. The molecule has 0 spiro atoms. The van der Waals surface area contributed by atoms with E-state index < -0.39 is 0 Å². The maximum atomic E-state index is 5.44. The molecule has 29 heavy (non-hydrogen) atoms. The van der Waals surface area contributed by atoms with Crippen LogP contribution in [0.2, 0.25) is 0 Å². The van der Waals surface area contributed by atoms with Gasteiger partial charge in [0.25, 0.3) is 0 Å². The summed E-state index contributed by atoms with van der Waals surface area (Å²) in [4.78, 5) is 15.8. The maximum Gasteiger partial charge on any atom is 0.225 e. The van der Waals surface area contributed by atoms with Crippen molar-refractivity contribution in [1.82, 2.24) is 15.0 Å². The molecular formula is C22H24N6O. The zero-order valence-electron chi connectivity index (χ0n) is 16.2. The summed E-state index contributed by atoms with van der Waals surface area (Å²) < 4.78 is 5.44. The molecule has 5 rings (SSSR count). The zero-order valence-corrected chi connectivity index (χ0v) is 16.2. The Kier molecular flexibility index (Phi) is 4.96. The predicted molar refractivity (Wildman–Crippen MR) is 115 cm³/mol. The zero-order chi connectivity index (χ0) is 19.5. The van der Waals surface area contributed by atoms with Crippen LogP contribution in [0.15, 0.2) is 54.9 Å². The summed E-state index contributed by atoms with van der Waals surface area (Å²) in [6.07, 6.45) is 5.91. The van der Waals surface area contributed by atoms with Crippen molar-refractivity contribution in [3.8, 4) is 11.3 Å². The molecule has 3 heterocycles. The Hall–Kier alpha value is -3.19. The van der Waals surface area contributed by atoms with Crippen molar-refractivity contribution in [1.29, 1.82) is 0 Å². The minimum absolute atomic E-state index is 0.489. The molecule has 1 saturated heterocycles. The number of aromatic nitrogens is 3. The number of nitrogens with zero attached hydrogens (tertiary/aromatic N) is 4. The van der Waals surface area contributed by atoms with Crippen molar-refractivity contribution in [2.45, 2.75) is 18.9 Å². The average molecular weight is 388 g/mol. The lowest BCUT2D eigenvalue weighted by Gasteiger charge is -2.28. The van der Waals surface area contributed by atoms with Gasteiger partial charge in [-0.2, -0.15) is 4.98 Å². The molecule has 1 saturated carbocycles. The highest BCUT2D eigenvalue weighted by Crippen LogP contribution is 2.28. The molecule has 148 valence electrons. The van der Waals surface area contributed by atoms with Crippen molar-refractivity contribution in [2.24, 2.45) is 0 Å². The Balaban J connectivity index is 1.38. The SMILES string of the molecule is c1cc(-c2cc(Nc3ccc(N4CCOCC4)cc3)nc(NC3CC3)n2)ccn1. The molecule has 7 nitrogen and oxygen atoms in total. The second-order valence-electron chi connectivity index (χ2n) is 7.39. The number of morpholine rings is 1. The minimum Gasteiger partial charge on any atom is -0.378 e. The van der Waals surface area contributed by atoms with Gasteiger partial charge in [-0.1, -0.05) is 0 Å². The van der Waals surface area contributed by atoms with E-state index in [9.17, 15) is 0 Å². The van der Waals surface area contributed by atoms with Gasteiger partial charge < -0.3 is 20.3 Å². The Morgan fingerprint density at radius 2 is 1.69 bits per heavy atom. The van der Waals surface area contributed by atoms with E-state index in [-0.39, 0.29) is 0 Å². The standard InChI is InChI=1S/C22H24N6O/c1-2-18(1)25-22-26-20(16-7-9-23-10-8-16)15-21(27-22)24-17-3-5-19(6-4-17)28-11-13-29-14-12-28/h3-10,15,18H,1-2,11-14H2,(H2,24,25,26,27). The molecule has 1 aliphatic heterocycles. The van der Waals surface area contributed by atoms with E-state index >= 15 is 0 Å². The third kappa shape index (κ3) is 4.46. The molecule has 3 aromatic rings. The summed E-state index contributed by atoms with van der Waals surface area (Å²) in [6, 6.07) is 14.9. The molecule has 0 atom stereocenters. The van der Waals surface area contributed by atoms with E-state index in [2.05, 4.69) is 49.8 Å². The number of nitrogens with one attached hydrogen (secondary N) is 2. The summed E-state index contributed by atoms with van der Waals surface area (Å²) in [5.41, 5.74) is 4.11. The van der Waals surface area contributed by atoms with Crippen LogP contribution in [0.4, 0.5) is 23.1 Å². The number of ether oxygens (including phenoxy) is 1. The molecule has 2 aliphatic rings. The summed E-state index contributed by atoms with van der Waals surface area (Å²) in [5.74, 6) is 1.43. The number of pyridine rings is 1. The largest absolute Gasteiger partial charge is 0.378 e. The van der Waals surface area contributed by atoms with Crippen LogP contribution in [0.5, 0.6) is 0 Å². The van der Waals surface area contributed by atoms with Gasteiger partial charge in [-0.3, -0.25) is 4.98 Å². The van der Waals surface area contributed by atoms with Gasteiger partial charge in [0.15, 0.2) is 0 Å². The normalized spacial score (nSPS) is 16.5. The van der Waals surface area contributed by atoms with Crippen molar-refractivity contribution >= 4 is 23.1 Å². The summed E-state index contributed by atoms with van der Waals surface area (Å²) >= 11 is 0. The topological polar surface area (TPSA) is 75.2 Å². The van der Waals surface area contributed by atoms with Gasteiger partial charge >= 0.3 is 0 Å². The molecular weight excluding hydrogens is 364 g/mol. The molecule has 0 unspecified atom stereocenters. The van der Waals surface area contributed by atoms with Crippen LogP contribution in [0.1, 0.15) is 12.8 Å². The first-order valence-corrected chi connectivity index (χ1v) is 10.1. The van der Waals surface area contributed by atoms with Gasteiger partial charge in [0.2, 0.25) is 5.95 Å². The van der Waals surface area contributed by atoms with Crippen LogP contribution in [0.25, 0.3) is 11.3 Å². The minimum atomic E-state index is 0.489. The molecule has 2 N–H and O–H groups in total. The van der Waals surface area contributed by atoms with E-state index in [0.717, 1.165) is 49.1 Å². The number of hydrogen-bond acceptors (Lipinski definition) is 7. The number of anilines is 4. The second kappa shape index (κ2) is 8.05. The van der Waals surface area contributed by atoms with Gasteiger partial charge in [0.05, 0.1) is 18.9 Å². The highest BCUT2D eigenvalue weighted by Gasteiger charge is 2.22. The van der Waals surface area contributed by atoms with Crippen molar-refractivity contribution in [3.63, 3.8) is 0 Å². The lowest BCUT2D eigenvalue weighted by atomic mass is 10.2. The van der Waals surface area contributed by atoms with Gasteiger partial charge in [-0.15, -0.1) is 0 Å². The first-order chi connectivity index (χ1) is 14.3. The molecule has 0 radical (unpaired) electrons. The lowest BCUT2D eigenvalue weighted by Crippen LogP contribution is -2.36. The third-order valence-corrected chi connectivity index (χ3v) is 5.13. The Labute approximate surface area is 170 Å². The van der Waals surface area contributed by atoms with Crippen LogP contribution in [0, 0.1) is 0 Å². The Morgan fingerprint density at radius 1 is 0.931 bits per heavy atom. The quantitative estimate of drug-likeness (QED) is 0.667. The van der Waals surface area contributed by atoms with Crippen LogP contribution in [-0.2, 0) is 4.74 Å². The van der Waals surface area contributed by atoms with Gasteiger partial charge in [0.1, 0.15) is 5.82 Å². The highest BCUT2D eigenvalue weighted by molar-refractivity contribution is 5.68.